The zero-order valence-electron chi connectivity index (χ0n) is 15.1. The second kappa shape index (κ2) is 6.33. The van der Waals surface area contributed by atoms with Gasteiger partial charge in [0.1, 0.15) is 17.6 Å². The molecule has 1 atom stereocenters. The molecule has 0 spiro atoms. The second-order valence-corrected chi connectivity index (χ2v) is 6.87. The molecule has 1 unspecified atom stereocenters. The van der Waals surface area contributed by atoms with E-state index >= 15 is 0 Å². The van der Waals surface area contributed by atoms with Crippen LogP contribution in [0.3, 0.4) is 0 Å². The average Bonchev–Trinajstić information content (AvgIpc) is 3.30. The standard InChI is InChI=1S/C19H21N7O/c1-27-15-6-2-5-13-17(15)23-19(20)26-18(13)22-16(24-26)7-9-25-10-12-4-3-8-21-14(12)11-25/h2-6,8,16,24H,7,9-11H2,1H3,(H2,20,23). The molecule has 4 heterocycles. The highest BCUT2D eigenvalue weighted by atomic mass is 16.5. The number of hydrazine groups is 1. The van der Waals surface area contributed by atoms with E-state index in [4.69, 9.17) is 15.5 Å². The van der Waals surface area contributed by atoms with Crippen molar-refractivity contribution in [1.29, 1.82) is 0 Å². The molecule has 0 bridgehead atoms. The Bertz CT molecular complexity index is 930. The maximum absolute atomic E-state index is 6.15. The van der Waals surface area contributed by atoms with Gasteiger partial charge >= 0.3 is 0 Å². The molecule has 1 aromatic carbocycles. The fourth-order valence-electron chi connectivity index (χ4n) is 3.81. The van der Waals surface area contributed by atoms with Crippen LogP contribution in [0, 0.1) is 0 Å². The highest BCUT2D eigenvalue weighted by Gasteiger charge is 2.34. The number of methoxy groups -OCH3 is 1. The second-order valence-electron chi connectivity index (χ2n) is 6.87. The Labute approximate surface area is 157 Å². The van der Waals surface area contributed by atoms with Crippen LogP contribution >= 0.6 is 0 Å². The van der Waals surface area contributed by atoms with Crippen molar-refractivity contribution in [3.63, 3.8) is 0 Å². The van der Waals surface area contributed by atoms with Crippen LogP contribution in [0.5, 0.6) is 5.75 Å². The highest BCUT2D eigenvalue weighted by Crippen LogP contribution is 2.36. The van der Waals surface area contributed by atoms with Crippen LogP contribution in [0.4, 0.5) is 5.69 Å². The van der Waals surface area contributed by atoms with Crippen molar-refractivity contribution >= 4 is 17.5 Å². The van der Waals surface area contributed by atoms with E-state index in [1.165, 1.54) is 11.3 Å². The van der Waals surface area contributed by atoms with Gasteiger partial charge < -0.3 is 10.5 Å². The zero-order chi connectivity index (χ0) is 18.4. The first-order valence-corrected chi connectivity index (χ1v) is 9.03. The summed E-state index contributed by atoms with van der Waals surface area (Å²) in [6.45, 7) is 2.77. The van der Waals surface area contributed by atoms with Gasteiger partial charge in [0.2, 0.25) is 5.96 Å². The molecule has 3 aliphatic rings. The van der Waals surface area contributed by atoms with Crippen molar-refractivity contribution in [2.24, 2.45) is 15.7 Å². The maximum Gasteiger partial charge on any atom is 0.217 e. The van der Waals surface area contributed by atoms with Gasteiger partial charge in [0.25, 0.3) is 0 Å². The average molecular weight is 363 g/mol. The van der Waals surface area contributed by atoms with Gasteiger partial charge in [-0.1, -0.05) is 12.1 Å². The number of para-hydroxylation sites is 1. The first-order chi connectivity index (χ1) is 13.2. The van der Waals surface area contributed by atoms with Crippen LogP contribution in [0.2, 0.25) is 0 Å². The first-order valence-electron chi connectivity index (χ1n) is 9.03. The van der Waals surface area contributed by atoms with Gasteiger partial charge in [0.05, 0.1) is 12.8 Å². The van der Waals surface area contributed by atoms with E-state index in [1.54, 1.807) is 12.1 Å². The Morgan fingerprint density at radius 2 is 2.19 bits per heavy atom. The molecule has 0 radical (unpaired) electrons. The number of benzene rings is 1. The first kappa shape index (κ1) is 16.2. The van der Waals surface area contributed by atoms with Crippen LogP contribution in [0.1, 0.15) is 23.2 Å². The van der Waals surface area contributed by atoms with Gasteiger partial charge in [-0.05, 0) is 30.2 Å². The fourth-order valence-corrected chi connectivity index (χ4v) is 3.81. The quantitative estimate of drug-likeness (QED) is 0.852. The molecule has 8 nitrogen and oxygen atoms in total. The third-order valence-electron chi connectivity index (χ3n) is 5.15. The molecule has 0 saturated carbocycles. The predicted molar refractivity (Wildman–Crippen MR) is 103 cm³/mol. The SMILES string of the molecule is COc1cccc2c1N=C(N)N1NC(CCN3Cc4cccnc4C3)N=C21. The fraction of sp³-hybridized carbons (Fsp3) is 0.316. The number of nitrogens with one attached hydrogen (secondary N) is 1. The third-order valence-corrected chi connectivity index (χ3v) is 5.15. The van der Waals surface area contributed by atoms with Crippen LogP contribution in [-0.2, 0) is 13.1 Å². The molecule has 0 saturated heterocycles. The van der Waals surface area contributed by atoms with E-state index in [2.05, 4.69) is 26.4 Å². The molecule has 3 aliphatic heterocycles. The minimum absolute atomic E-state index is 0.0393. The van der Waals surface area contributed by atoms with Gasteiger partial charge in [-0.2, -0.15) is 0 Å². The summed E-state index contributed by atoms with van der Waals surface area (Å²) in [5, 5.41) is 1.77. The van der Waals surface area contributed by atoms with E-state index in [9.17, 15) is 0 Å². The van der Waals surface area contributed by atoms with Crippen molar-refractivity contribution in [3.8, 4) is 5.75 Å². The molecular formula is C19H21N7O. The topological polar surface area (TPSA) is 91.4 Å². The number of hydrogen-bond donors (Lipinski definition) is 2. The van der Waals surface area contributed by atoms with Gasteiger partial charge in [-0.3, -0.25) is 9.88 Å². The summed E-state index contributed by atoms with van der Waals surface area (Å²) in [5.74, 6) is 1.88. The number of amidine groups is 1. The van der Waals surface area contributed by atoms with Gasteiger partial charge in [0, 0.05) is 31.4 Å². The Morgan fingerprint density at radius 1 is 1.26 bits per heavy atom. The molecule has 5 rings (SSSR count). The monoisotopic (exact) mass is 363 g/mol. The predicted octanol–water partition coefficient (Wildman–Crippen LogP) is 1.35. The molecule has 2 aromatic rings. The highest BCUT2D eigenvalue weighted by molar-refractivity contribution is 6.15. The zero-order valence-corrected chi connectivity index (χ0v) is 15.1. The molecule has 0 fully saturated rings. The molecule has 0 aliphatic carbocycles. The third kappa shape index (κ3) is 2.73. The number of nitrogens with zero attached hydrogens (tertiary/aromatic N) is 5. The van der Waals surface area contributed by atoms with Crippen molar-refractivity contribution < 1.29 is 4.74 Å². The number of pyridine rings is 1. The van der Waals surface area contributed by atoms with E-state index in [1.807, 2.05) is 30.5 Å². The minimum Gasteiger partial charge on any atom is -0.494 e. The molecule has 1 aromatic heterocycles. The van der Waals surface area contributed by atoms with Crippen molar-refractivity contribution in [3.05, 3.63) is 53.3 Å². The normalized spacial score (nSPS) is 20.6. The van der Waals surface area contributed by atoms with Gasteiger partial charge in [0.15, 0.2) is 5.84 Å². The van der Waals surface area contributed by atoms with Crippen LogP contribution in [0.25, 0.3) is 0 Å². The Morgan fingerprint density at radius 3 is 3.04 bits per heavy atom. The van der Waals surface area contributed by atoms with Crippen LogP contribution < -0.4 is 15.9 Å². The Hall–Kier alpha value is -2.97. The van der Waals surface area contributed by atoms with Crippen molar-refractivity contribution in [1.82, 2.24) is 20.3 Å². The lowest BCUT2D eigenvalue weighted by Crippen LogP contribution is -2.50. The van der Waals surface area contributed by atoms with E-state index < -0.39 is 0 Å². The number of rotatable bonds is 4. The summed E-state index contributed by atoms with van der Waals surface area (Å²) in [7, 11) is 1.63. The summed E-state index contributed by atoms with van der Waals surface area (Å²) >= 11 is 0. The number of fused-ring (bicyclic) bond motifs is 4. The molecule has 8 heteroatoms. The summed E-state index contributed by atoms with van der Waals surface area (Å²) < 4.78 is 5.41. The van der Waals surface area contributed by atoms with Gasteiger partial charge in [-0.25, -0.2) is 20.4 Å². The maximum atomic E-state index is 6.15. The van der Waals surface area contributed by atoms with Crippen molar-refractivity contribution in [2.45, 2.75) is 25.7 Å². The summed E-state index contributed by atoms with van der Waals surface area (Å²) in [4.78, 5) is 16.2. The van der Waals surface area contributed by atoms with E-state index in [0.29, 0.717) is 11.7 Å². The Kier molecular flexibility index (Phi) is 3.80. The van der Waals surface area contributed by atoms with Crippen molar-refractivity contribution in [2.75, 3.05) is 13.7 Å². The molecular weight excluding hydrogens is 342 g/mol. The lowest BCUT2D eigenvalue weighted by atomic mass is 10.1. The number of hydrogen-bond acceptors (Lipinski definition) is 8. The lowest BCUT2D eigenvalue weighted by molar-refractivity contribution is 0.256. The number of aliphatic imine (C=N–C) groups is 2. The number of nitrogens with two attached hydrogens (primary N) is 1. The smallest absolute Gasteiger partial charge is 0.217 e. The minimum atomic E-state index is -0.0393. The molecule has 0 amide bonds. The van der Waals surface area contributed by atoms with E-state index in [-0.39, 0.29) is 6.17 Å². The Balaban J connectivity index is 1.32. The molecule has 138 valence electrons. The number of ether oxygens (including phenoxy) is 1. The lowest BCUT2D eigenvalue weighted by Gasteiger charge is -2.26. The van der Waals surface area contributed by atoms with E-state index in [0.717, 1.165) is 43.1 Å². The van der Waals surface area contributed by atoms with Gasteiger partial charge in [-0.15, -0.1) is 0 Å². The molecule has 3 N–H and O–H groups in total. The molecule has 27 heavy (non-hydrogen) atoms. The number of aromatic nitrogens is 1. The number of guanidine groups is 1. The summed E-state index contributed by atoms with van der Waals surface area (Å²) in [5.41, 5.74) is 13.7. The van der Waals surface area contributed by atoms with Crippen LogP contribution in [-0.4, -0.2) is 46.5 Å². The summed E-state index contributed by atoms with van der Waals surface area (Å²) in [6, 6.07) is 9.96. The van der Waals surface area contributed by atoms with Crippen LogP contribution in [0.15, 0.2) is 46.5 Å². The summed E-state index contributed by atoms with van der Waals surface area (Å²) in [6.07, 6.45) is 2.70. The largest absolute Gasteiger partial charge is 0.494 e.